The van der Waals surface area contributed by atoms with E-state index >= 15 is 0 Å². The van der Waals surface area contributed by atoms with Crippen LogP contribution in [0.4, 0.5) is 0 Å². The van der Waals surface area contributed by atoms with E-state index in [9.17, 15) is 9.59 Å². The second-order valence-corrected chi connectivity index (χ2v) is 7.26. The number of hydrogen-bond acceptors (Lipinski definition) is 7. The lowest BCUT2D eigenvalue weighted by Crippen LogP contribution is -2.25. The summed E-state index contributed by atoms with van der Waals surface area (Å²) in [6, 6.07) is 10.5. The minimum Gasteiger partial charge on any atom is -0.493 e. The maximum Gasteiger partial charge on any atom is 0.346 e. The molecule has 2 aromatic carbocycles. The molecule has 0 amide bonds. The minimum absolute atomic E-state index is 0.302. The summed E-state index contributed by atoms with van der Waals surface area (Å²) in [7, 11) is 2.78. The van der Waals surface area contributed by atoms with Gasteiger partial charge in [0.2, 0.25) is 0 Å². The van der Waals surface area contributed by atoms with Gasteiger partial charge in [0.05, 0.1) is 31.3 Å². The van der Waals surface area contributed by atoms with Crippen molar-refractivity contribution in [3.05, 3.63) is 62.6 Å². The predicted octanol–water partition coefficient (Wildman–Crippen LogP) is 3.30. The van der Waals surface area contributed by atoms with Crippen LogP contribution in [0.25, 0.3) is 10.9 Å². The summed E-state index contributed by atoms with van der Waals surface area (Å²) < 4.78 is 17.8. The van der Waals surface area contributed by atoms with Gasteiger partial charge >= 0.3 is 5.97 Å². The van der Waals surface area contributed by atoms with Crippen LogP contribution in [-0.2, 0) is 9.53 Å². The largest absolute Gasteiger partial charge is 0.493 e. The first-order chi connectivity index (χ1) is 14.3. The first-order valence-electron chi connectivity index (χ1n) is 9.00. The third kappa shape index (κ3) is 4.35. The van der Waals surface area contributed by atoms with Crippen molar-refractivity contribution in [1.29, 1.82) is 0 Å². The predicted molar refractivity (Wildman–Crippen MR) is 117 cm³/mol. The van der Waals surface area contributed by atoms with E-state index in [0.717, 1.165) is 4.47 Å². The molecule has 0 fully saturated rings. The highest BCUT2D eigenvalue weighted by Crippen LogP contribution is 2.31. The highest BCUT2D eigenvalue weighted by molar-refractivity contribution is 9.10. The van der Waals surface area contributed by atoms with Gasteiger partial charge in [-0.3, -0.25) is 4.79 Å². The fourth-order valence-corrected chi connectivity index (χ4v) is 3.19. The van der Waals surface area contributed by atoms with Gasteiger partial charge in [-0.25, -0.2) is 9.78 Å². The summed E-state index contributed by atoms with van der Waals surface area (Å²) in [4.78, 5) is 29.1. The zero-order valence-corrected chi connectivity index (χ0v) is 18.5. The summed E-state index contributed by atoms with van der Waals surface area (Å²) in [6.45, 7) is 3.27. The van der Waals surface area contributed by atoms with Gasteiger partial charge in [-0.05, 0) is 44.2 Å². The molecule has 1 heterocycles. The van der Waals surface area contributed by atoms with E-state index < -0.39 is 12.1 Å². The molecule has 3 aromatic rings. The lowest BCUT2D eigenvalue weighted by Gasteiger charge is -2.17. The smallest absolute Gasteiger partial charge is 0.346 e. The van der Waals surface area contributed by atoms with E-state index in [1.807, 2.05) is 6.07 Å². The van der Waals surface area contributed by atoms with Crippen LogP contribution >= 0.6 is 15.9 Å². The molecule has 156 valence electrons. The van der Waals surface area contributed by atoms with Crippen LogP contribution in [0.3, 0.4) is 0 Å². The van der Waals surface area contributed by atoms with E-state index in [1.165, 1.54) is 25.1 Å². The second-order valence-electron chi connectivity index (χ2n) is 6.34. The minimum atomic E-state index is -0.859. The van der Waals surface area contributed by atoms with Crippen molar-refractivity contribution >= 4 is 39.0 Å². The number of carbonyl (C=O) groups excluding carboxylic acids is 1. The van der Waals surface area contributed by atoms with Gasteiger partial charge < -0.3 is 14.2 Å². The number of aryl methyl sites for hydroxylation is 1. The molecule has 0 aliphatic heterocycles. The average molecular weight is 474 g/mol. The van der Waals surface area contributed by atoms with Crippen LogP contribution < -0.4 is 15.0 Å². The topological polar surface area (TPSA) is 92.0 Å². The Labute approximate surface area is 181 Å². The van der Waals surface area contributed by atoms with E-state index in [2.05, 4.69) is 26.0 Å². The number of ether oxygens (including phenoxy) is 3. The Morgan fingerprint density at radius 3 is 2.73 bits per heavy atom. The SMILES string of the molecule is COC(=O)[C@@H](C)Oc1c(C=Nn2c(C)nc3ccc(Br)cc3c2=O)cccc1OC. The number of halogens is 1. The maximum atomic E-state index is 12.9. The molecule has 8 nitrogen and oxygen atoms in total. The molecule has 1 atom stereocenters. The van der Waals surface area contributed by atoms with Crippen molar-refractivity contribution in [3.63, 3.8) is 0 Å². The van der Waals surface area contributed by atoms with Crippen molar-refractivity contribution in [2.75, 3.05) is 14.2 Å². The summed E-state index contributed by atoms with van der Waals surface area (Å²) >= 11 is 3.37. The molecule has 0 saturated heterocycles. The Morgan fingerprint density at radius 1 is 1.27 bits per heavy atom. The number of carbonyl (C=O) groups is 1. The number of benzene rings is 2. The van der Waals surface area contributed by atoms with Gasteiger partial charge in [0.15, 0.2) is 17.6 Å². The number of fused-ring (bicyclic) bond motifs is 1. The van der Waals surface area contributed by atoms with Gasteiger partial charge in [-0.1, -0.05) is 22.0 Å². The maximum absolute atomic E-state index is 12.9. The average Bonchev–Trinajstić information content (AvgIpc) is 2.74. The van der Waals surface area contributed by atoms with Crippen molar-refractivity contribution in [2.45, 2.75) is 20.0 Å². The normalized spacial score (nSPS) is 12.2. The van der Waals surface area contributed by atoms with Crippen LogP contribution in [0.2, 0.25) is 0 Å². The van der Waals surface area contributed by atoms with Crippen molar-refractivity contribution < 1.29 is 19.0 Å². The quantitative estimate of drug-likeness (QED) is 0.402. The number of aromatic nitrogens is 2. The van der Waals surface area contributed by atoms with E-state index in [1.54, 1.807) is 44.2 Å². The fraction of sp³-hybridized carbons (Fsp3) is 0.238. The Balaban J connectivity index is 2.06. The zero-order valence-electron chi connectivity index (χ0n) is 16.9. The number of nitrogens with zero attached hydrogens (tertiary/aromatic N) is 3. The summed E-state index contributed by atoms with van der Waals surface area (Å²) in [5.74, 6) is 0.628. The highest BCUT2D eigenvalue weighted by Gasteiger charge is 2.19. The van der Waals surface area contributed by atoms with Gasteiger partial charge in [0.25, 0.3) is 5.56 Å². The molecule has 0 aliphatic rings. The summed E-state index contributed by atoms with van der Waals surface area (Å²) in [5.41, 5.74) is 0.804. The molecule has 0 spiro atoms. The van der Waals surface area contributed by atoms with Crippen LogP contribution in [0.1, 0.15) is 18.3 Å². The summed E-state index contributed by atoms with van der Waals surface area (Å²) in [5, 5.41) is 4.75. The molecule has 1 aromatic heterocycles. The Bertz CT molecular complexity index is 1190. The van der Waals surface area contributed by atoms with E-state index in [0.29, 0.717) is 33.8 Å². The molecule has 0 unspecified atom stereocenters. The lowest BCUT2D eigenvalue weighted by molar-refractivity contribution is -0.147. The Kier molecular flexibility index (Phi) is 6.51. The molecule has 0 saturated carbocycles. The lowest BCUT2D eigenvalue weighted by atomic mass is 10.2. The molecule has 30 heavy (non-hydrogen) atoms. The van der Waals surface area contributed by atoms with Gasteiger partial charge in [0.1, 0.15) is 5.82 Å². The first kappa shape index (κ1) is 21.5. The van der Waals surface area contributed by atoms with Crippen LogP contribution in [0.15, 0.2) is 50.8 Å². The Hall–Kier alpha value is -3.20. The molecule has 3 rings (SSSR count). The Morgan fingerprint density at radius 2 is 2.03 bits per heavy atom. The van der Waals surface area contributed by atoms with Crippen molar-refractivity contribution in [1.82, 2.24) is 9.66 Å². The number of hydrogen-bond donors (Lipinski definition) is 0. The third-order valence-electron chi connectivity index (χ3n) is 4.34. The highest BCUT2D eigenvalue weighted by atomic mass is 79.9. The standard InChI is InChI=1S/C21H20BrN3O5/c1-12(21(27)29-4)30-19-14(6-5-7-18(19)28-3)11-23-25-13(2)24-17-9-8-15(22)10-16(17)20(25)26/h5-12H,1-4H3/t12-/m1/s1. The molecule has 0 bridgehead atoms. The molecular weight excluding hydrogens is 454 g/mol. The molecule has 9 heteroatoms. The van der Waals surface area contributed by atoms with Crippen molar-refractivity contribution in [3.8, 4) is 11.5 Å². The monoisotopic (exact) mass is 473 g/mol. The van der Waals surface area contributed by atoms with Crippen LogP contribution in [-0.4, -0.2) is 42.2 Å². The molecule has 0 N–H and O–H groups in total. The zero-order chi connectivity index (χ0) is 21.8. The number of para-hydroxylation sites is 1. The molecule has 0 radical (unpaired) electrons. The second kappa shape index (κ2) is 9.08. The van der Waals surface area contributed by atoms with Gasteiger partial charge in [-0.15, -0.1) is 0 Å². The summed E-state index contributed by atoms with van der Waals surface area (Å²) in [6.07, 6.45) is 0.601. The molecule has 0 aliphatic carbocycles. The fourth-order valence-electron chi connectivity index (χ4n) is 2.83. The first-order valence-corrected chi connectivity index (χ1v) is 9.79. The van der Waals surface area contributed by atoms with E-state index in [-0.39, 0.29) is 5.56 Å². The van der Waals surface area contributed by atoms with Crippen LogP contribution in [0.5, 0.6) is 11.5 Å². The number of methoxy groups -OCH3 is 2. The van der Waals surface area contributed by atoms with Gasteiger partial charge in [0, 0.05) is 10.0 Å². The van der Waals surface area contributed by atoms with Crippen molar-refractivity contribution in [2.24, 2.45) is 5.10 Å². The number of rotatable bonds is 6. The molecular formula is C21H20BrN3O5. The third-order valence-corrected chi connectivity index (χ3v) is 4.83. The van der Waals surface area contributed by atoms with Crippen LogP contribution in [0, 0.1) is 6.92 Å². The van der Waals surface area contributed by atoms with Gasteiger partial charge in [-0.2, -0.15) is 9.78 Å². The van der Waals surface area contributed by atoms with E-state index in [4.69, 9.17) is 14.2 Å². The number of esters is 1.